The zero-order chi connectivity index (χ0) is 16.1. The summed E-state index contributed by atoms with van der Waals surface area (Å²) in [4.78, 5) is 25.1. The maximum absolute atomic E-state index is 12.0. The molecule has 1 aliphatic heterocycles. The fraction of sp³-hybridized carbons (Fsp3) is 0.467. The summed E-state index contributed by atoms with van der Waals surface area (Å²) in [5.41, 5.74) is 1.64. The number of carbonyl (C=O) groups excluding carboxylic acids is 2. The Morgan fingerprint density at radius 2 is 2.00 bits per heavy atom. The molecule has 0 aromatic heterocycles. The number of benzene rings is 1. The van der Waals surface area contributed by atoms with Gasteiger partial charge < -0.3 is 20.3 Å². The number of hydrogen-bond donors (Lipinski definition) is 2. The lowest BCUT2D eigenvalue weighted by Crippen LogP contribution is -2.47. The second kappa shape index (κ2) is 7.35. The molecule has 0 atom stereocenters. The zero-order valence-corrected chi connectivity index (χ0v) is 13.4. The maximum atomic E-state index is 12.0. The highest BCUT2D eigenvalue weighted by atomic mass is 35.5. The number of likely N-dealkylation sites (tertiary alicyclic amines) is 1. The molecule has 120 valence electrons. The third-order valence-corrected chi connectivity index (χ3v) is 3.93. The van der Waals surface area contributed by atoms with E-state index >= 15 is 0 Å². The first kappa shape index (κ1) is 16.4. The van der Waals surface area contributed by atoms with E-state index in [0.29, 0.717) is 31.0 Å². The van der Waals surface area contributed by atoms with Crippen molar-refractivity contribution in [2.45, 2.75) is 25.8 Å². The first-order valence-electron chi connectivity index (χ1n) is 7.16. The van der Waals surface area contributed by atoms with E-state index in [9.17, 15) is 9.59 Å². The molecule has 0 unspecified atom stereocenters. The van der Waals surface area contributed by atoms with Gasteiger partial charge in [0.25, 0.3) is 0 Å². The van der Waals surface area contributed by atoms with Gasteiger partial charge in [-0.1, -0.05) is 11.6 Å². The van der Waals surface area contributed by atoms with Crippen LogP contribution in [-0.2, 0) is 4.74 Å². The van der Waals surface area contributed by atoms with E-state index in [0.717, 1.165) is 11.3 Å². The van der Waals surface area contributed by atoms with Crippen molar-refractivity contribution in [2.24, 2.45) is 0 Å². The normalized spacial score (nSPS) is 15.3. The Morgan fingerprint density at radius 3 is 2.59 bits per heavy atom. The number of methoxy groups -OCH3 is 1. The van der Waals surface area contributed by atoms with E-state index < -0.39 is 0 Å². The first-order valence-corrected chi connectivity index (χ1v) is 7.54. The van der Waals surface area contributed by atoms with Crippen LogP contribution >= 0.6 is 11.6 Å². The lowest BCUT2D eigenvalue weighted by Gasteiger charge is -2.31. The summed E-state index contributed by atoms with van der Waals surface area (Å²) in [5.74, 6) is 0. The van der Waals surface area contributed by atoms with Crippen LogP contribution < -0.4 is 10.6 Å². The summed E-state index contributed by atoms with van der Waals surface area (Å²) < 4.78 is 4.68. The Hall–Kier alpha value is -1.95. The third kappa shape index (κ3) is 4.27. The standard InChI is InChI=1S/C15H20ClN3O3/c1-10-9-11(16)3-4-13(10)18-14(20)17-12-5-7-19(8-6-12)15(21)22-2/h3-4,9,12H,5-8H2,1-2H3,(H2,17,18,20). The highest BCUT2D eigenvalue weighted by Gasteiger charge is 2.24. The average molecular weight is 326 g/mol. The molecule has 0 bridgehead atoms. The molecular weight excluding hydrogens is 306 g/mol. The average Bonchev–Trinajstić information content (AvgIpc) is 2.50. The number of rotatable bonds is 2. The minimum atomic E-state index is -0.320. The lowest BCUT2D eigenvalue weighted by atomic mass is 10.1. The van der Waals surface area contributed by atoms with Crippen LogP contribution in [0.2, 0.25) is 5.02 Å². The minimum absolute atomic E-state index is 0.0495. The second-order valence-corrected chi connectivity index (χ2v) is 5.73. The van der Waals surface area contributed by atoms with Gasteiger partial charge in [0.2, 0.25) is 0 Å². The van der Waals surface area contributed by atoms with Crippen molar-refractivity contribution >= 4 is 29.4 Å². The van der Waals surface area contributed by atoms with E-state index in [2.05, 4.69) is 15.4 Å². The van der Waals surface area contributed by atoms with Crippen molar-refractivity contribution < 1.29 is 14.3 Å². The van der Waals surface area contributed by atoms with Crippen LogP contribution in [0.25, 0.3) is 0 Å². The summed E-state index contributed by atoms with van der Waals surface area (Å²) in [7, 11) is 1.37. The van der Waals surface area contributed by atoms with Crippen LogP contribution in [0.15, 0.2) is 18.2 Å². The molecule has 1 aromatic rings. The molecule has 2 rings (SSSR count). The molecule has 2 N–H and O–H groups in total. The molecule has 1 aliphatic rings. The van der Waals surface area contributed by atoms with E-state index in [4.69, 9.17) is 11.6 Å². The van der Waals surface area contributed by atoms with Crippen molar-refractivity contribution in [2.75, 3.05) is 25.5 Å². The summed E-state index contributed by atoms with van der Waals surface area (Å²) in [5, 5.41) is 6.38. The Morgan fingerprint density at radius 1 is 1.32 bits per heavy atom. The number of urea groups is 1. The highest BCUT2D eigenvalue weighted by Crippen LogP contribution is 2.19. The van der Waals surface area contributed by atoms with E-state index in [1.165, 1.54) is 7.11 Å². The molecule has 0 radical (unpaired) electrons. The van der Waals surface area contributed by atoms with Gasteiger partial charge in [-0.2, -0.15) is 0 Å². The maximum Gasteiger partial charge on any atom is 0.409 e. The van der Waals surface area contributed by atoms with Gasteiger partial charge in [-0.3, -0.25) is 0 Å². The molecule has 0 spiro atoms. The molecule has 1 fully saturated rings. The first-order chi connectivity index (χ1) is 10.5. The van der Waals surface area contributed by atoms with Crippen LogP contribution in [0, 0.1) is 6.92 Å². The van der Waals surface area contributed by atoms with Crippen molar-refractivity contribution in [1.29, 1.82) is 0 Å². The van der Waals surface area contributed by atoms with Crippen molar-refractivity contribution in [3.63, 3.8) is 0 Å². The molecule has 1 heterocycles. The summed E-state index contributed by atoms with van der Waals surface area (Å²) in [6.45, 7) is 3.05. The molecule has 1 aromatic carbocycles. The number of nitrogens with zero attached hydrogens (tertiary/aromatic N) is 1. The monoisotopic (exact) mass is 325 g/mol. The van der Waals surface area contributed by atoms with Crippen molar-refractivity contribution in [3.8, 4) is 0 Å². The van der Waals surface area contributed by atoms with Gasteiger partial charge >= 0.3 is 12.1 Å². The number of halogens is 1. The van der Waals surface area contributed by atoms with Gasteiger partial charge in [0.15, 0.2) is 0 Å². The number of carbonyl (C=O) groups is 2. The second-order valence-electron chi connectivity index (χ2n) is 5.29. The predicted octanol–water partition coefficient (Wildman–Crippen LogP) is 3.00. The Labute approximate surface area is 134 Å². The van der Waals surface area contributed by atoms with E-state index in [1.807, 2.05) is 6.92 Å². The number of anilines is 1. The smallest absolute Gasteiger partial charge is 0.409 e. The molecule has 3 amide bonds. The SMILES string of the molecule is COC(=O)N1CCC(NC(=O)Nc2ccc(Cl)cc2C)CC1. The lowest BCUT2D eigenvalue weighted by molar-refractivity contribution is 0.110. The predicted molar refractivity (Wildman–Crippen MR) is 85.3 cm³/mol. The summed E-state index contributed by atoms with van der Waals surface area (Å²) in [6, 6.07) is 5.11. The van der Waals surface area contributed by atoms with E-state index in [-0.39, 0.29) is 18.2 Å². The minimum Gasteiger partial charge on any atom is -0.453 e. The van der Waals surface area contributed by atoms with Gasteiger partial charge in [0.1, 0.15) is 0 Å². The molecule has 22 heavy (non-hydrogen) atoms. The molecule has 6 nitrogen and oxygen atoms in total. The van der Waals surface area contributed by atoms with Crippen LogP contribution in [0.4, 0.5) is 15.3 Å². The van der Waals surface area contributed by atoms with Gasteiger partial charge in [-0.15, -0.1) is 0 Å². The number of nitrogens with one attached hydrogen (secondary N) is 2. The number of amides is 3. The van der Waals surface area contributed by atoms with Crippen LogP contribution in [0.5, 0.6) is 0 Å². The molecule has 1 saturated heterocycles. The fourth-order valence-corrected chi connectivity index (χ4v) is 2.67. The Bertz CT molecular complexity index is 557. The molecular formula is C15H20ClN3O3. The molecule has 0 aliphatic carbocycles. The highest BCUT2D eigenvalue weighted by molar-refractivity contribution is 6.30. The number of ether oxygens (including phenoxy) is 1. The van der Waals surface area contributed by atoms with Gasteiger partial charge in [-0.05, 0) is 43.5 Å². The number of aryl methyl sites for hydroxylation is 1. The summed E-state index contributed by atoms with van der Waals surface area (Å²) in [6.07, 6.45) is 1.10. The Kier molecular flexibility index (Phi) is 5.49. The molecule has 0 saturated carbocycles. The van der Waals surface area contributed by atoms with Crippen molar-refractivity contribution in [1.82, 2.24) is 10.2 Å². The van der Waals surface area contributed by atoms with Crippen LogP contribution in [0.3, 0.4) is 0 Å². The third-order valence-electron chi connectivity index (χ3n) is 3.70. The van der Waals surface area contributed by atoms with Gasteiger partial charge in [0.05, 0.1) is 7.11 Å². The quantitative estimate of drug-likeness (QED) is 0.878. The fourth-order valence-electron chi connectivity index (χ4n) is 2.45. The number of hydrogen-bond acceptors (Lipinski definition) is 3. The van der Waals surface area contributed by atoms with Gasteiger partial charge in [-0.25, -0.2) is 9.59 Å². The number of piperidine rings is 1. The van der Waals surface area contributed by atoms with Gasteiger partial charge in [0, 0.05) is 29.8 Å². The largest absolute Gasteiger partial charge is 0.453 e. The van der Waals surface area contributed by atoms with Crippen LogP contribution in [-0.4, -0.2) is 43.3 Å². The zero-order valence-electron chi connectivity index (χ0n) is 12.7. The van der Waals surface area contributed by atoms with Crippen molar-refractivity contribution in [3.05, 3.63) is 28.8 Å². The van der Waals surface area contributed by atoms with E-state index in [1.54, 1.807) is 23.1 Å². The molecule has 7 heteroatoms. The summed E-state index contributed by atoms with van der Waals surface area (Å²) >= 11 is 5.89. The topological polar surface area (TPSA) is 70.7 Å². The Balaban J connectivity index is 1.82. The van der Waals surface area contributed by atoms with Crippen LogP contribution in [0.1, 0.15) is 18.4 Å².